The summed E-state index contributed by atoms with van der Waals surface area (Å²) in [7, 11) is 1.63. The van der Waals surface area contributed by atoms with Gasteiger partial charge in [-0.15, -0.1) is 16.4 Å². The molecule has 0 amide bonds. The van der Waals surface area contributed by atoms with Crippen molar-refractivity contribution in [3.63, 3.8) is 0 Å². The minimum atomic E-state index is -0.322. The number of nitrogens with zero attached hydrogens (tertiary/aromatic N) is 4. The van der Waals surface area contributed by atoms with Crippen molar-refractivity contribution in [3.8, 4) is 33.4 Å². The first-order valence-electron chi connectivity index (χ1n) is 7.73. The third-order valence-electron chi connectivity index (χ3n) is 3.87. The number of hydrogen-bond acceptors (Lipinski definition) is 6. The first-order valence-corrected chi connectivity index (χ1v) is 8.61. The van der Waals surface area contributed by atoms with E-state index < -0.39 is 0 Å². The zero-order chi connectivity index (χ0) is 18.1. The largest absolute Gasteiger partial charge is 0.497 e. The minimum Gasteiger partial charge on any atom is -0.497 e. The second-order valence-corrected chi connectivity index (χ2v) is 6.34. The van der Waals surface area contributed by atoms with Crippen molar-refractivity contribution >= 4 is 17.2 Å². The van der Waals surface area contributed by atoms with Gasteiger partial charge in [-0.25, -0.2) is 9.37 Å². The summed E-state index contributed by atoms with van der Waals surface area (Å²) >= 11 is 1.43. The lowest BCUT2D eigenvalue weighted by Crippen LogP contribution is -2.02. The average Bonchev–Trinajstić information content (AvgIpc) is 3.29. The van der Waals surface area contributed by atoms with Gasteiger partial charge in [0, 0.05) is 10.9 Å². The molecule has 6 nitrogen and oxygen atoms in total. The van der Waals surface area contributed by atoms with E-state index in [0.29, 0.717) is 22.2 Å². The molecule has 8 heteroatoms. The molecule has 2 aromatic carbocycles. The topological polar surface area (TPSA) is 78.9 Å². The average molecular weight is 367 g/mol. The van der Waals surface area contributed by atoms with Crippen LogP contribution in [0.3, 0.4) is 0 Å². The number of halogens is 1. The van der Waals surface area contributed by atoms with E-state index in [2.05, 4.69) is 15.3 Å². The van der Waals surface area contributed by atoms with Crippen molar-refractivity contribution in [2.45, 2.75) is 0 Å². The Balaban J connectivity index is 1.66. The predicted octanol–water partition coefficient (Wildman–Crippen LogP) is 3.79. The van der Waals surface area contributed by atoms with Crippen molar-refractivity contribution < 1.29 is 9.13 Å². The number of methoxy groups -OCH3 is 1. The predicted molar refractivity (Wildman–Crippen MR) is 98.8 cm³/mol. The summed E-state index contributed by atoms with van der Waals surface area (Å²) < 4.78 is 19.7. The quantitative estimate of drug-likeness (QED) is 0.594. The summed E-state index contributed by atoms with van der Waals surface area (Å²) in [5.41, 5.74) is 9.11. The third-order valence-corrected chi connectivity index (χ3v) is 4.72. The maximum absolute atomic E-state index is 13.1. The van der Waals surface area contributed by atoms with Crippen LogP contribution >= 0.6 is 11.3 Å². The standard InChI is InChI=1S/C18H14FN5OS/c1-25-14-8-2-11(3-9-14)15-10-26-18(21-15)16-17(20)24(23-22-16)13-6-4-12(19)5-7-13/h2-10H,20H2,1H3. The molecule has 0 atom stereocenters. The number of benzene rings is 2. The molecule has 2 heterocycles. The molecule has 26 heavy (non-hydrogen) atoms. The highest BCUT2D eigenvalue weighted by Crippen LogP contribution is 2.32. The number of rotatable bonds is 4. The van der Waals surface area contributed by atoms with Gasteiger partial charge in [0.25, 0.3) is 0 Å². The molecule has 0 aliphatic heterocycles. The molecule has 4 rings (SSSR count). The van der Waals surface area contributed by atoms with E-state index in [1.165, 1.54) is 28.2 Å². The number of anilines is 1. The van der Waals surface area contributed by atoms with E-state index in [4.69, 9.17) is 10.5 Å². The zero-order valence-electron chi connectivity index (χ0n) is 13.8. The molecular formula is C18H14FN5OS. The fourth-order valence-corrected chi connectivity index (χ4v) is 3.31. The first-order chi connectivity index (χ1) is 12.7. The van der Waals surface area contributed by atoms with Crippen LogP contribution < -0.4 is 10.5 Å². The Kier molecular flexibility index (Phi) is 4.10. The van der Waals surface area contributed by atoms with Crippen LogP contribution in [0.15, 0.2) is 53.9 Å². The highest BCUT2D eigenvalue weighted by atomic mass is 32.1. The summed E-state index contributed by atoms with van der Waals surface area (Å²) in [4.78, 5) is 4.61. The molecule has 2 aromatic heterocycles. The van der Waals surface area contributed by atoms with Crippen LogP contribution in [0.2, 0.25) is 0 Å². The molecule has 130 valence electrons. The second-order valence-electron chi connectivity index (χ2n) is 5.48. The van der Waals surface area contributed by atoms with Crippen LogP contribution in [0.5, 0.6) is 5.75 Å². The molecule has 4 aromatic rings. The number of thiazole rings is 1. The van der Waals surface area contributed by atoms with Crippen LogP contribution in [0.4, 0.5) is 10.2 Å². The molecule has 2 N–H and O–H groups in total. The Labute approximate surface area is 152 Å². The SMILES string of the molecule is COc1ccc(-c2csc(-c3nnn(-c4ccc(F)cc4)c3N)n2)cc1. The molecule has 0 saturated heterocycles. The summed E-state index contributed by atoms with van der Waals surface area (Å²) in [6, 6.07) is 13.5. The molecule has 0 radical (unpaired) electrons. The summed E-state index contributed by atoms with van der Waals surface area (Å²) in [5, 5.41) is 10.8. The van der Waals surface area contributed by atoms with Gasteiger partial charge in [-0.05, 0) is 48.5 Å². The van der Waals surface area contributed by atoms with E-state index in [0.717, 1.165) is 17.0 Å². The number of hydrogen-bond donors (Lipinski definition) is 1. The number of nitrogen functional groups attached to an aromatic ring is 1. The van der Waals surface area contributed by atoms with Crippen molar-refractivity contribution in [2.24, 2.45) is 0 Å². The van der Waals surface area contributed by atoms with Gasteiger partial charge in [-0.3, -0.25) is 0 Å². The maximum atomic E-state index is 13.1. The summed E-state index contributed by atoms with van der Waals surface area (Å²) in [6.45, 7) is 0. The normalized spacial score (nSPS) is 10.8. The van der Waals surface area contributed by atoms with Crippen LogP contribution in [0, 0.1) is 5.82 Å². The molecule has 0 unspecified atom stereocenters. The van der Waals surface area contributed by atoms with E-state index >= 15 is 0 Å². The van der Waals surface area contributed by atoms with Crippen LogP contribution in [0.25, 0.3) is 27.6 Å². The first kappa shape index (κ1) is 16.2. The fraction of sp³-hybridized carbons (Fsp3) is 0.0556. The van der Waals surface area contributed by atoms with Gasteiger partial charge >= 0.3 is 0 Å². The molecule has 0 aliphatic carbocycles. The van der Waals surface area contributed by atoms with Crippen LogP contribution in [-0.4, -0.2) is 27.1 Å². The Morgan fingerprint density at radius 1 is 1.08 bits per heavy atom. The highest BCUT2D eigenvalue weighted by Gasteiger charge is 2.17. The van der Waals surface area contributed by atoms with Crippen LogP contribution in [0.1, 0.15) is 0 Å². The van der Waals surface area contributed by atoms with Gasteiger partial charge in [0.15, 0.2) is 11.5 Å². The lowest BCUT2D eigenvalue weighted by atomic mass is 10.2. The zero-order valence-corrected chi connectivity index (χ0v) is 14.6. The van der Waals surface area contributed by atoms with E-state index in [-0.39, 0.29) is 5.82 Å². The Morgan fingerprint density at radius 3 is 2.50 bits per heavy atom. The van der Waals surface area contributed by atoms with Gasteiger partial charge in [-0.1, -0.05) is 5.21 Å². The lowest BCUT2D eigenvalue weighted by Gasteiger charge is -2.02. The van der Waals surface area contributed by atoms with Gasteiger partial charge in [0.1, 0.15) is 16.6 Å². The van der Waals surface area contributed by atoms with E-state index in [1.54, 1.807) is 19.2 Å². The van der Waals surface area contributed by atoms with Gasteiger partial charge in [0.2, 0.25) is 0 Å². The molecular weight excluding hydrogens is 353 g/mol. The molecule has 0 bridgehead atoms. The number of ether oxygens (including phenoxy) is 1. The van der Waals surface area contributed by atoms with Crippen molar-refractivity contribution in [1.82, 2.24) is 20.0 Å². The second kappa shape index (κ2) is 6.57. The molecule has 0 saturated carbocycles. The summed E-state index contributed by atoms with van der Waals surface area (Å²) in [5.74, 6) is 0.819. The monoisotopic (exact) mass is 367 g/mol. The Morgan fingerprint density at radius 2 is 1.81 bits per heavy atom. The van der Waals surface area contributed by atoms with Crippen molar-refractivity contribution in [1.29, 1.82) is 0 Å². The Bertz CT molecular complexity index is 1040. The molecule has 0 fully saturated rings. The van der Waals surface area contributed by atoms with Gasteiger partial charge in [-0.2, -0.15) is 4.68 Å². The lowest BCUT2D eigenvalue weighted by molar-refractivity contribution is 0.415. The smallest absolute Gasteiger partial charge is 0.165 e. The van der Waals surface area contributed by atoms with Gasteiger partial charge < -0.3 is 10.5 Å². The van der Waals surface area contributed by atoms with E-state index in [9.17, 15) is 4.39 Å². The van der Waals surface area contributed by atoms with E-state index in [1.807, 2.05) is 29.6 Å². The van der Waals surface area contributed by atoms with Gasteiger partial charge in [0.05, 0.1) is 18.5 Å². The number of nitrogens with two attached hydrogens (primary N) is 1. The molecule has 0 spiro atoms. The molecule has 0 aliphatic rings. The highest BCUT2D eigenvalue weighted by molar-refractivity contribution is 7.13. The number of aromatic nitrogens is 4. The van der Waals surface area contributed by atoms with Crippen molar-refractivity contribution in [3.05, 3.63) is 59.7 Å². The third kappa shape index (κ3) is 2.91. The fourth-order valence-electron chi connectivity index (χ4n) is 2.49. The Hall–Kier alpha value is -3.26. The summed E-state index contributed by atoms with van der Waals surface area (Å²) in [6.07, 6.45) is 0. The van der Waals surface area contributed by atoms with Crippen LogP contribution in [-0.2, 0) is 0 Å². The van der Waals surface area contributed by atoms with Crippen molar-refractivity contribution in [2.75, 3.05) is 12.8 Å². The minimum absolute atomic E-state index is 0.322. The maximum Gasteiger partial charge on any atom is 0.165 e.